The van der Waals surface area contributed by atoms with E-state index < -0.39 is 5.97 Å². The van der Waals surface area contributed by atoms with Crippen LogP contribution in [0.2, 0.25) is 0 Å². The number of unbranched alkanes of at least 4 members (excludes halogenated alkanes) is 4. The Morgan fingerprint density at radius 3 is 2.08 bits per heavy atom. The first-order chi connectivity index (χ1) is 11.7. The summed E-state index contributed by atoms with van der Waals surface area (Å²) in [6.07, 6.45) is 10.3. The normalized spacial score (nSPS) is 14.3. The molecule has 25 heavy (non-hydrogen) atoms. The van der Waals surface area contributed by atoms with E-state index in [2.05, 4.69) is 20.8 Å². The molecule has 148 valence electrons. The second kappa shape index (κ2) is 13.3. The summed E-state index contributed by atoms with van der Waals surface area (Å²) in [4.78, 5) is 22.3. The van der Waals surface area contributed by atoms with Crippen LogP contribution in [-0.4, -0.2) is 28.1 Å². The molecule has 0 bridgehead atoms. The average molecular weight is 357 g/mol. The number of rotatable bonds is 16. The summed E-state index contributed by atoms with van der Waals surface area (Å²) >= 11 is 0. The lowest BCUT2D eigenvalue weighted by Crippen LogP contribution is -2.29. The van der Waals surface area contributed by atoms with Crippen molar-refractivity contribution in [3.05, 3.63) is 0 Å². The van der Waals surface area contributed by atoms with Gasteiger partial charge < -0.3 is 10.2 Å². The highest BCUT2D eigenvalue weighted by atomic mass is 16.4. The van der Waals surface area contributed by atoms with Crippen LogP contribution in [0.5, 0.6) is 0 Å². The molecule has 0 aliphatic rings. The molecule has 0 spiro atoms. The van der Waals surface area contributed by atoms with Gasteiger partial charge in [-0.05, 0) is 44.4 Å². The maximum Gasteiger partial charge on any atom is 0.303 e. The molecule has 0 rings (SSSR count). The fourth-order valence-electron chi connectivity index (χ4n) is 3.32. The Kier molecular flexibility index (Phi) is 12.8. The molecule has 0 aromatic rings. The van der Waals surface area contributed by atoms with Gasteiger partial charge >= 0.3 is 5.97 Å². The van der Waals surface area contributed by atoms with Gasteiger partial charge in [-0.1, -0.05) is 59.3 Å². The number of Topliss-reactive ketones (excluding diaryl/α,β-unsaturated/α-hetero) is 1. The van der Waals surface area contributed by atoms with E-state index in [4.69, 9.17) is 5.11 Å². The lowest BCUT2D eigenvalue weighted by molar-refractivity contribution is -0.137. The lowest BCUT2D eigenvalue weighted by atomic mass is 9.79. The summed E-state index contributed by atoms with van der Waals surface area (Å²) in [7, 11) is 0. The minimum absolute atomic E-state index is 0.0497. The molecule has 2 atom stereocenters. The van der Waals surface area contributed by atoms with Crippen LogP contribution >= 0.6 is 0 Å². The van der Waals surface area contributed by atoms with E-state index in [-0.39, 0.29) is 29.6 Å². The zero-order valence-electron chi connectivity index (χ0n) is 16.9. The molecule has 0 fully saturated rings. The maximum absolute atomic E-state index is 11.8. The SMILES string of the molecule is CCCCC(C)(C)C(O)CCC[C@@H](CCCCCCC(=O)O)C(C)=O. The van der Waals surface area contributed by atoms with E-state index in [0.717, 1.165) is 70.6 Å². The Morgan fingerprint density at radius 1 is 0.920 bits per heavy atom. The zero-order chi connectivity index (χ0) is 19.3. The van der Waals surface area contributed by atoms with E-state index in [0.29, 0.717) is 0 Å². The van der Waals surface area contributed by atoms with Gasteiger partial charge in [0.25, 0.3) is 0 Å². The Balaban J connectivity index is 4.03. The third-order valence-corrected chi connectivity index (χ3v) is 5.38. The van der Waals surface area contributed by atoms with Crippen molar-refractivity contribution in [2.75, 3.05) is 0 Å². The number of hydrogen-bond donors (Lipinski definition) is 2. The fraction of sp³-hybridized carbons (Fsp3) is 0.905. The molecule has 0 aliphatic carbocycles. The van der Waals surface area contributed by atoms with Gasteiger partial charge in [0.05, 0.1) is 6.10 Å². The average Bonchev–Trinajstić information content (AvgIpc) is 2.53. The zero-order valence-corrected chi connectivity index (χ0v) is 16.9. The van der Waals surface area contributed by atoms with Crippen LogP contribution in [0, 0.1) is 11.3 Å². The van der Waals surface area contributed by atoms with Crippen molar-refractivity contribution < 1.29 is 19.8 Å². The summed E-state index contributed by atoms with van der Waals surface area (Å²) in [6, 6.07) is 0. The Bertz CT molecular complexity index is 376. The number of carbonyl (C=O) groups is 2. The number of hydrogen-bond acceptors (Lipinski definition) is 3. The van der Waals surface area contributed by atoms with Crippen LogP contribution in [-0.2, 0) is 9.59 Å². The van der Waals surface area contributed by atoms with Crippen LogP contribution in [0.4, 0.5) is 0 Å². The molecule has 0 saturated carbocycles. The number of aliphatic carboxylic acids is 1. The maximum atomic E-state index is 11.8. The first-order valence-corrected chi connectivity index (χ1v) is 10.1. The number of carboxylic acid groups (broad SMARTS) is 1. The number of ketones is 1. The topological polar surface area (TPSA) is 74.6 Å². The monoisotopic (exact) mass is 356 g/mol. The molecular weight excluding hydrogens is 316 g/mol. The Labute approximate surface area is 154 Å². The number of carbonyl (C=O) groups excluding carboxylic acids is 1. The van der Waals surface area contributed by atoms with Crippen molar-refractivity contribution in [2.24, 2.45) is 11.3 Å². The van der Waals surface area contributed by atoms with Gasteiger partial charge in [0.2, 0.25) is 0 Å². The highest BCUT2D eigenvalue weighted by Crippen LogP contribution is 2.31. The first-order valence-electron chi connectivity index (χ1n) is 10.1. The third-order valence-electron chi connectivity index (χ3n) is 5.38. The van der Waals surface area contributed by atoms with Crippen molar-refractivity contribution in [1.82, 2.24) is 0 Å². The number of aliphatic hydroxyl groups is 1. The van der Waals surface area contributed by atoms with Crippen molar-refractivity contribution in [2.45, 2.75) is 111 Å². The van der Waals surface area contributed by atoms with Crippen LogP contribution in [0.25, 0.3) is 0 Å². The van der Waals surface area contributed by atoms with Crippen LogP contribution in [0.15, 0.2) is 0 Å². The summed E-state index contributed by atoms with van der Waals surface area (Å²) < 4.78 is 0. The van der Waals surface area contributed by atoms with E-state index in [9.17, 15) is 14.7 Å². The second-order valence-corrected chi connectivity index (χ2v) is 8.19. The molecule has 1 unspecified atom stereocenters. The summed E-state index contributed by atoms with van der Waals surface area (Å²) in [5, 5.41) is 19.1. The molecule has 0 aliphatic heterocycles. The highest BCUT2D eigenvalue weighted by Gasteiger charge is 2.27. The Hall–Kier alpha value is -0.900. The second-order valence-electron chi connectivity index (χ2n) is 8.19. The predicted octanol–water partition coefficient (Wildman–Crippen LogP) is 5.36. The van der Waals surface area contributed by atoms with Crippen LogP contribution in [0.3, 0.4) is 0 Å². The van der Waals surface area contributed by atoms with Gasteiger partial charge in [0.1, 0.15) is 5.78 Å². The summed E-state index contributed by atoms with van der Waals surface area (Å²) in [6.45, 7) is 8.10. The highest BCUT2D eigenvalue weighted by molar-refractivity contribution is 5.78. The van der Waals surface area contributed by atoms with Gasteiger partial charge in [0, 0.05) is 12.3 Å². The third kappa shape index (κ3) is 12.1. The number of carboxylic acids is 1. The molecule has 0 heterocycles. The smallest absolute Gasteiger partial charge is 0.303 e. The standard InChI is InChI=1S/C21H40O4/c1-5-6-16-21(3,4)19(23)14-11-13-18(17(2)22)12-9-7-8-10-15-20(24)25/h18-19,23H,5-16H2,1-4H3,(H,24,25)/t18-,19?/m1/s1. The molecule has 0 amide bonds. The van der Waals surface area contributed by atoms with E-state index in [1.165, 1.54) is 0 Å². The van der Waals surface area contributed by atoms with E-state index in [1.807, 2.05) is 0 Å². The minimum Gasteiger partial charge on any atom is -0.481 e. The molecule has 0 aromatic heterocycles. The quantitative estimate of drug-likeness (QED) is 0.365. The van der Waals surface area contributed by atoms with Crippen molar-refractivity contribution in [1.29, 1.82) is 0 Å². The van der Waals surface area contributed by atoms with E-state index in [1.54, 1.807) is 6.92 Å². The summed E-state index contributed by atoms with van der Waals surface area (Å²) in [5.41, 5.74) is -0.0497. The van der Waals surface area contributed by atoms with E-state index >= 15 is 0 Å². The van der Waals surface area contributed by atoms with Gasteiger partial charge in [-0.15, -0.1) is 0 Å². The van der Waals surface area contributed by atoms with Crippen molar-refractivity contribution >= 4 is 11.8 Å². The molecule has 0 radical (unpaired) electrons. The molecule has 0 aromatic carbocycles. The summed E-state index contributed by atoms with van der Waals surface area (Å²) in [5.74, 6) is -0.405. The molecular formula is C21H40O4. The minimum atomic E-state index is -0.734. The van der Waals surface area contributed by atoms with Crippen molar-refractivity contribution in [3.63, 3.8) is 0 Å². The first kappa shape index (κ1) is 24.1. The fourth-order valence-corrected chi connectivity index (χ4v) is 3.32. The van der Waals surface area contributed by atoms with Crippen LogP contribution in [0.1, 0.15) is 105 Å². The van der Waals surface area contributed by atoms with Gasteiger partial charge in [0.15, 0.2) is 0 Å². The number of aliphatic hydroxyl groups excluding tert-OH is 1. The molecule has 2 N–H and O–H groups in total. The lowest BCUT2D eigenvalue weighted by Gasteiger charge is -2.31. The Morgan fingerprint density at radius 2 is 1.52 bits per heavy atom. The molecule has 0 saturated heterocycles. The molecule has 4 heteroatoms. The van der Waals surface area contributed by atoms with Gasteiger partial charge in [-0.25, -0.2) is 0 Å². The van der Waals surface area contributed by atoms with Gasteiger partial charge in [-0.3, -0.25) is 9.59 Å². The largest absolute Gasteiger partial charge is 0.481 e. The van der Waals surface area contributed by atoms with Crippen LogP contribution < -0.4 is 0 Å². The van der Waals surface area contributed by atoms with Gasteiger partial charge in [-0.2, -0.15) is 0 Å². The predicted molar refractivity (Wildman–Crippen MR) is 103 cm³/mol. The molecule has 4 nitrogen and oxygen atoms in total. The van der Waals surface area contributed by atoms with Crippen molar-refractivity contribution in [3.8, 4) is 0 Å².